The molecule has 0 fully saturated rings. The first kappa shape index (κ1) is 19.6. The number of carbonyl (C=O) groups is 3. The van der Waals surface area contributed by atoms with Crippen LogP contribution in [-0.2, 0) is 14.3 Å². The summed E-state index contributed by atoms with van der Waals surface area (Å²) >= 11 is 0. The standard InChI is InChI=1S/C17H17N3O7/c1-10-5-6-12(8-13(10)20(24)25)19-15(21)9-27-17(23)11(2)18-16(22)14-4-3-7-26-14/h3-8,11H,9H2,1-2H3,(H,18,22)(H,19,21). The summed E-state index contributed by atoms with van der Waals surface area (Å²) in [4.78, 5) is 45.8. The minimum atomic E-state index is -1.00. The molecule has 0 saturated heterocycles. The van der Waals surface area contributed by atoms with Crippen LogP contribution >= 0.6 is 0 Å². The number of furan rings is 1. The van der Waals surface area contributed by atoms with Crippen LogP contribution in [0.5, 0.6) is 0 Å². The smallest absolute Gasteiger partial charge is 0.328 e. The number of hydrogen-bond acceptors (Lipinski definition) is 7. The largest absolute Gasteiger partial charge is 0.459 e. The van der Waals surface area contributed by atoms with Crippen molar-refractivity contribution in [3.63, 3.8) is 0 Å². The van der Waals surface area contributed by atoms with Crippen LogP contribution in [-0.4, -0.2) is 35.4 Å². The highest BCUT2D eigenvalue weighted by molar-refractivity contribution is 5.96. The Morgan fingerprint density at radius 1 is 1.30 bits per heavy atom. The lowest BCUT2D eigenvalue weighted by molar-refractivity contribution is -0.385. The van der Waals surface area contributed by atoms with Gasteiger partial charge < -0.3 is 19.8 Å². The fourth-order valence-corrected chi connectivity index (χ4v) is 2.08. The molecular formula is C17H17N3O7. The van der Waals surface area contributed by atoms with Gasteiger partial charge in [0.1, 0.15) is 6.04 Å². The first-order valence-corrected chi connectivity index (χ1v) is 7.84. The molecule has 0 bridgehead atoms. The second-order valence-electron chi connectivity index (χ2n) is 5.59. The topological polar surface area (TPSA) is 141 Å². The lowest BCUT2D eigenvalue weighted by atomic mass is 10.2. The molecule has 1 aromatic carbocycles. The van der Waals surface area contributed by atoms with E-state index >= 15 is 0 Å². The lowest BCUT2D eigenvalue weighted by Crippen LogP contribution is -2.40. The molecule has 2 amide bonds. The molecular weight excluding hydrogens is 358 g/mol. The fraction of sp³-hybridized carbons (Fsp3) is 0.235. The van der Waals surface area contributed by atoms with Gasteiger partial charge in [0, 0.05) is 17.3 Å². The number of nitro benzene ring substituents is 1. The molecule has 142 valence electrons. The van der Waals surface area contributed by atoms with Crippen LogP contribution in [0.4, 0.5) is 11.4 Å². The zero-order chi connectivity index (χ0) is 20.0. The molecule has 10 nitrogen and oxygen atoms in total. The minimum absolute atomic E-state index is 0.0355. The monoisotopic (exact) mass is 375 g/mol. The van der Waals surface area contributed by atoms with E-state index in [9.17, 15) is 24.5 Å². The number of aryl methyl sites for hydroxylation is 1. The molecule has 0 radical (unpaired) electrons. The highest BCUT2D eigenvalue weighted by Gasteiger charge is 2.20. The highest BCUT2D eigenvalue weighted by atomic mass is 16.6. The molecule has 0 saturated carbocycles. The maximum Gasteiger partial charge on any atom is 0.328 e. The third kappa shape index (κ3) is 5.39. The average Bonchev–Trinajstić information content (AvgIpc) is 3.15. The fourth-order valence-electron chi connectivity index (χ4n) is 2.08. The third-order valence-corrected chi connectivity index (χ3v) is 3.48. The summed E-state index contributed by atoms with van der Waals surface area (Å²) in [6.45, 7) is 2.36. The number of amides is 2. The van der Waals surface area contributed by atoms with Gasteiger partial charge in [0.15, 0.2) is 12.4 Å². The molecule has 2 aromatic rings. The summed E-state index contributed by atoms with van der Waals surface area (Å²) in [6.07, 6.45) is 1.32. The molecule has 0 aliphatic carbocycles. The zero-order valence-corrected chi connectivity index (χ0v) is 14.6. The van der Waals surface area contributed by atoms with Crippen LogP contribution in [0.15, 0.2) is 41.0 Å². The lowest BCUT2D eigenvalue weighted by Gasteiger charge is -2.12. The molecule has 0 aliphatic rings. The Kier molecular flexibility index (Phi) is 6.26. The number of nitrogens with one attached hydrogen (secondary N) is 2. The number of benzene rings is 1. The first-order valence-electron chi connectivity index (χ1n) is 7.84. The van der Waals surface area contributed by atoms with Crippen LogP contribution < -0.4 is 10.6 Å². The third-order valence-electron chi connectivity index (χ3n) is 3.48. The highest BCUT2D eigenvalue weighted by Crippen LogP contribution is 2.22. The van der Waals surface area contributed by atoms with E-state index in [0.29, 0.717) is 5.56 Å². The van der Waals surface area contributed by atoms with Gasteiger partial charge in [-0.25, -0.2) is 4.79 Å². The Balaban J connectivity index is 1.84. The van der Waals surface area contributed by atoms with Crippen molar-refractivity contribution < 1.29 is 28.5 Å². The number of nitrogens with zero attached hydrogens (tertiary/aromatic N) is 1. The van der Waals surface area contributed by atoms with Gasteiger partial charge in [-0.05, 0) is 32.0 Å². The predicted molar refractivity (Wildman–Crippen MR) is 93.1 cm³/mol. The second kappa shape index (κ2) is 8.61. The van der Waals surface area contributed by atoms with Gasteiger partial charge >= 0.3 is 5.97 Å². The van der Waals surface area contributed by atoms with E-state index in [1.165, 1.54) is 43.5 Å². The Bertz CT molecular complexity index is 861. The van der Waals surface area contributed by atoms with Crippen LogP contribution in [0, 0.1) is 17.0 Å². The van der Waals surface area contributed by atoms with Crippen LogP contribution in [0.25, 0.3) is 0 Å². The van der Waals surface area contributed by atoms with E-state index in [-0.39, 0.29) is 17.1 Å². The predicted octanol–water partition coefficient (Wildman–Crippen LogP) is 1.80. The van der Waals surface area contributed by atoms with E-state index in [1.807, 2.05) is 0 Å². The second-order valence-corrected chi connectivity index (χ2v) is 5.59. The SMILES string of the molecule is Cc1ccc(NC(=O)COC(=O)C(C)NC(=O)c2ccco2)cc1[N+](=O)[O-]. The number of anilines is 1. The van der Waals surface area contributed by atoms with Gasteiger partial charge in [0.25, 0.3) is 17.5 Å². The van der Waals surface area contributed by atoms with Crippen LogP contribution in [0.3, 0.4) is 0 Å². The maximum absolute atomic E-state index is 11.9. The summed E-state index contributed by atoms with van der Waals surface area (Å²) in [5.74, 6) is -2.06. The van der Waals surface area contributed by atoms with Crippen LogP contribution in [0.1, 0.15) is 23.0 Å². The number of hydrogen-bond donors (Lipinski definition) is 2. The zero-order valence-electron chi connectivity index (χ0n) is 14.6. The molecule has 1 atom stereocenters. The molecule has 0 aliphatic heterocycles. The number of ether oxygens (including phenoxy) is 1. The summed E-state index contributed by atoms with van der Waals surface area (Å²) in [5, 5.41) is 15.7. The van der Waals surface area contributed by atoms with Gasteiger partial charge in [0.2, 0.25) is 0 Å². The van der Waals surface area contributed by atoms with Crippen molar-refractivity contribution in [1.82, 2.24) is 5.32 Å². The van der Waals surface area contributed by atoms with Crippen molar-refractivity contribution in [2.45, 2.75) is 19.9 Å². The number of carbonyl (C=O) groups excluding carboxylic acids is 3. The molecule has 2 N–H and O–H groups in total. The van der Waals surface area contributed by atoms with Crippen molar-refractivity contribution in [3.8, 4) is 0 Å². The van der Waals surface area contributed by atoms with Gasteiger partial charge in [-0.3, -0.25) is 19.7 Å². The Hall–Kier alpha value is -3.69. The van der Waals surface area contributed by atoms with Crippen molar-refractivity contribution >= 4 is 29.2 Å². The Labute approximate surface area is 153 Å². The van der Waals surface area contributed by atoms with Gasteiger partial charge in [0.05, 0.1) is 11.2 Å². The molecule has 1 aromatic heterocycles. The Morgan fingerprint density at radius 2 is 2.04 bits per heavy atom. The normalized spacial score (nSPS) is 11.3. The summed E-state index contributed by atoms with van der Waals surface area (Å²) < 4.78 is 9.73. The summed E-state index contributed by atoms with van der Waals surface area (Å²) in [5.41, 5.74) is 0.511. The van der Waals surface area contributed by atoms with Crippen molar-refractivity contribution in [2.75, 3.05) is 11.9 Å². The molecule has 0 spiro atoms. The molecule has 1 unspecified atom stereocenters. The maximum atomic E-state index is 11.9. The summed E-state index contributed by atoms with van der Waals surface area (Å²) in [7, 11) is 0. The summed E-state index contributed by atoms with van der Waals surface area (Å²) in [6, 6.07) is 6.15. The van der Waals surface area contributed by atoms with Gasteiger partial charge in [-0.2, -0.15) is 0 Å². The molecule has 1 heterocycles. The quantitative estimate of drug-likeness (QED) is 0.427. The van der Waals surface area contributed by atoms with Gasteiger partial charge in [-0.15, -0.1) is 0 Å². The van der Waals surface area contributed by atoms with E-state index < -0.39 is 35.4 Å². The van der Waals surface area contributed by atoms with Crippen LogP contribution in [0.2, 0.25) is 0 Å². The Morgan fingerprint density at radius 3 is 2.67 bits per heavy atom. The van der Waals surface area contributed by atoms with Crippen molar-refractivity contribution in [1.29, 1.82) is 0 Å². The van der Waals surface area contributed by atoms with E-state index in [4.69, 9.17) is 9.15 Å². The molecule has 2 rings (SSSR count). The average molecular weight is 375 g/mol. The van der Waals surface area contributed by atoms with Crippen molar-refractivity contribution in [2.24, 2.45) is 0 Å². The number of rotatable bonds is 7. The molecule has 27 heavy (non-hydrogen) atoms. The van der Waals surface area contributed by atoms with Gasteiger partial charge in [-0.1, -0.05) is 6.07 Å². The van der Waals surface area contributed by atoms with Crippen molar-refractivity contribution in [3.05, 3.63) is 58.0 Å². The number of nitro groups is 1. The first-order chi connectivity index (χ1) is 12.8. The molecule has 10 heteroatoms. The number of esters is 1. The minimum Gasteiger partial charge on any atom is -0.459 e. The van der Waals surface area contributed by atoms with E-state index in [0.717, 1.165) is 0 Å². The van der Waals surface area contributed by atoms with E-state index in [1.54, 1.807) is 6.92 Å². The van der Waals surface area contributed by atoms with E-state index in [2.05, 4.69) is 10.6 Å².